The fraction of sp³-hybridized carbons (Fsp3) is 0. The van der Waals surface area contributed by atoms with Crippen molar-refractivity contribution < 1.29 is 4.79 Å². The Morgan fingerprint density at radius 2 is 1.85 bits per heavy atom. The lowest BCUT2D eigenvalue weighted by Gasteiger charge is -2.05. The van der Waals surface area contributed by atoms with Gasteiger partial charge in [-0.05, 0) is 24.3 Å². The normalized spacial score (nSPS) is 10.4. The van der Waals surface area contributed by atoms with Gasteiger partial charge in [0.25, 0.3) is 0 Å². The SMILES string of the molecule is O=C(c1cccc(Br)c1)c1cnnn1-c1ccccc1. The molecule has 3 rings (SSSR count). The number of halogens is 1. The van der Waals surface area contributed by atoms with E-state index in [1.807, 2.05) is 42.5 Å². The second-order valence-corrected chi connectivity index (χ2v) is 5.12. The van der Waals surface area contributed by atoms with Crippen LogP contribution in [0.5, 0.6) is 0 Å². The lowest BCUT2D eigenvalue weighted by molar-refractivity contribution is 0.103. The molecule has 0 aliphatic rings. The molecule has 1 heterocycles. The molecule has 4 nitrogen and oxygen atoms in total. The first-order valence-corrected chi connectivity index (χ1v) is 6.81. The standard InChI is InChI=1S/C15H10BrN3O/c16-12-6-4-5-11(9-12)15(20)14-10-17-18-19(14)13-7-2-1-3-8-13/h1-10H. The average Bonchev–Trinajstić information content (AvgIpc) is 2.97. The van der Waals surface area contributed by atoms with Gasteiger partial charge in [-0.15, -0.1) is 5.10 Å². The molecule has 0 bridgehead atoms. The molecule has 0 radical (unpaired) electrons. The van der Waals surface area contributed by atoms with E-state index in [9.17, 15) is 4.79 Å². The third kappa shape index (κ3) is 2.40. The van der Waals surface area contributed by atoms with Crippen molar-refractivity contribution in [3.05, 3.63) is 76.5 Å². The summed E-state index contributed by atoms with van der Waals surface area (Å²) in [7, 11) is 0. The van der Waals surface area contributed by atoms with Crippen LogP contribution in [0.25, 0.3) is 5.69 Å². The lowest BCUT2D eigenvalue weighted by Crippen LogP contribution is -2.10. The summed E-state index contributed by atoms with van der Waals surface area (Å²) in [5, 5.41) is 7.84. The zero-order chi connectivity index (χ0) is 13.9. The molecule has 1 aromatic heterocycles. The fourth-order valence-corrected chi connectivity index (χ4v) is 2.33. The van der Waals surface area contributed by atoms with E-state index in [1.165, 1.54) is 6.20 Å². The molecule has 0 fully saturated rings. The maximum absolute atomic E-state index is 12.5. The summed E-state index contributed by atoms with van der Waals surface area (Å²) in [6.45, 7) is 0. The topological polar surface area (TPSA) is 47.8 Å². The van der Waals surface area contributed by atoms with Crippen molar-refractivity contribution in [1.82, 2.24) is 15.0 Å². The highest BCUT2D eigenvalue weighted by Gasteiger charge is 2.16. The van der Waals surface area contributed by atoms with Gasteiger partial charge in [-0.25, -0.2) is 4.68 Å². The minimum absolute atomic E-state index is 0.111. The summed E-state index contributed by atoms with van der Waals surface area (Å²) in [6, 6.07) is 16.7. The largest absolute Gasteiger partial charge is 0.287 e. The molecular formula is C15H10BrN3O. The number of ketones is 1. The number of aromatic nitrogens is 3. The maximum atomic E-state index is 12.5. The molecule has 0 atom stereocenters. The fourth-order valence-electron chi connectivity index (χ4n) is 1.93. The van der Waals surface area contributed by atoms with Gasteiger partial charge in [0.15, 0.2) is 0 Å². The summed E-state index contributed by atoms with van der Waals surface area (Å²) in [4.78, 5) is 12.5. The second kappa shape index (κ2) is 5.38. The molecule has 0 unspecified atom stereocenters. The van der Waals surface area contributed by atoms with Crippen LogP contribution in [0.3, 0.4) is 0 Å². The van der Waals surface area contributed by atoms with Gasteiger partial charge >= 0.3 is 0 Å². The Balaban J connectivity index is 2.04. The zero-order valence-electron chi connectivity index (χ0n) is 10.4. The van der Waals surface area contributed by atoms with E-state index >= 15 is 0 Å². The van der Waals surface area contributed by atoms with Gasteiger partial charge in [-0.1, -0.05) is 51.5 Å². The van der Waals surface area contributed by atoms with Crippen LogP contribution in [0.4, 0.5) is 0 Å². The first-order valence-electron chi connectivity index (χ1n) is 6.02. The van der Waals surface area contributed by atoms with Crippen LogP contribution in [0.2, 0.25) is 0 Å². The second-order valence-electron chi connectivity index (χ2n) is 4.21. The van der Waals surface area contributed by atoms with Crippen molar-refractivity contribution in [3.63, 3.8) is 0 Å². The van der Waals surface area contributed by atoms with Crippen LogP contribution in [-0.2, 0) is 0 Å². The van der Waals surface area contributed by atoms with E-state index in [4.69, 9.17) is 0 Å². The molecule has 3 aromatic rings. The highest BCUT2D eigenvalue weighted by molar-refractivity contribution is 9.10. The van der Waals surface area contributed by atoms with Gasteiger partial charge in [-0.2, -0.15) is 0 Å². The molecule has 98 valence electrons. The number of hydrogen-bond acceptors (Lipinski definition) is 3. The first kappa shape index (κ1) is 12.7. The van der Waals surface area contributed by atoms with Crippen molar-refractivity contribution in [2.75, 3.05) is 0 Å². The molecular weight excluding hydrogens is 318 g/mol. The predicted octanol–water partition coefficient (Wildman–Crippen LogP) is 3.26. The molecule has 5 heteroatoms. The molecule has 0 saturated heterocycles. The van der Waals surface area contributed by atoms with E-state index in [1.54, 1.807) is 16.8 Å². The summed E-state index contributed by atoms with van der Waals surface area (Å²) in [5.41, 5.74) is 1.84. The van der Waals surface area contributed by atoms with Gasteiger partial charge in [0, 0.05) is 10.0 Å². The number of nitrogens with zero attached hydrogens (tertiary/aromatic N) is 3. The third-order valence-corrected chi connectivity index (χ3v) is 3.36. The van der Waals surface area contributed by atoms with Gasteiger partial charge in [0.05, 0.1) is 11.9 Å². The summed E-state index contributed by atoms with van der Waals surface area (Å²) >= 11 is 3.37. The molecule has 0 amide bonds. The minimum Gasteiger partial charge on any atom is -0.287 e. The maximum Gasteiger partial charge on any atom is 0.213 e. The Morgan fingerprint density at radius 3 is 2.60 bits per heavy atom. The number of carbonyl (C=O) groups is 1. The number of hydrogen-bond donors (Lipinski definition) is 0. The van der Waals surface area contributed by atoms with E-state index in [0.717, 1.165) is 10.2 Å². The highest BCUT2D eigenvalue weighted by Crippen LogP contribution is 2.17. The first-order chi connectivity index (χ1) is 9.75. The van der Waals surface area contributed by atoms with E-state index in [2.05, 4.69) is 26.2 Å². The predicted molar refractivity (Wildman–Crippen MR) is 78.9 cm³/mol. The summed E-state index contributed by atoms with van der Waals surface area (Å²) in [5.74, 6) is -0.111. The van der Waals surface area contributed by atoms with Gasteiger partial charge in [0.1, 0.15) is 5.69 Å². The zero-order valence-corrected chi connectivity index (χ0v) is 12.0. The molecule has 0 saturated carbocycles. The molecule has 0 aliphatic carbocycles. The van der Waals surface area contributed by atoms with Crippen molar-refractivity contribution in [3.8, 4) is 5.69 Å². The molecule has 20 heavy (non-hydrogen) atoms. The van der Waals surface area contributed by atoms with Gasteiger partial charge in [0.2, 0.25) is 5.78 Å². The molecule has 0 N–H and O–H groups in total. The van der Waals surface area contributed by atoms with Crippen LogP contribution in [0, 0.1) is 0 Å². The van der Waals surface area contributed by atoms with Crippen molar-refractivity contribution in [2.45, 2.75) is 0 Å². The van der Waals surface area contributed by atoms with Gasteiger partial charge in [-0.3, -0.25) is 4.79 Å². The number of rotatable bonds is 3. The van der Waals surface area contributed by atoms with Gasteiger partial charge < -0.3 is 0 Å². The lowest BCUT2D eigenvalue weighted by atomic mass is 10.1. The number of para-hydroxylation sites is 1. The van der Waals surface area contributed by atoms with Crippen molar-refractivity contribution in [1.29, 1.82) is 0 Å². The Kier molecular flexibility index (Phi) is 3.43. The molecule has 0 spiro atoms. The number of carbonyl (C=O) groups excluding carboxylic acids is 1. The van der Waals surface area contributed by atoms with Crippen LogP contribution < -0.4 is 0 Å². The average molecular weight is 328 g/mol. The Hall–Kier alpha value is -2.27. The monoisotopic (exact) mass is 327 g/mol. The van der Waals surface area contributed by atoms with Crippen molar-refractivity contribution in [2.24, 2.45) is 0 Å². The van der Waals surface area contributed by atoms with Crippen LogP contribution in [-0.4, -0.2) is 20.8 Å². The quantitative estimate of drug-likeness (QED) is 0.694. The molecule has 0 aliphatic heterocycles. The number of benzene rings is 2. The Morgan fingerprint density at radius 1 is 1.05 bits per heavy atom. The van der Waals surface area contributed by atoms with Crippen LogP contribution in [0.15, 0.2) is 65.3 Å². The Labute approximate surface area is 124 Å². The van der Waals surface area contributed by atoms with Crippen molar-refractivity contribution >= 4 is 21.7 Å². The highest BCUT2D eigenvalue weighted by atomic mass is 79.9. The third-order valence-electron chi connectivity index (χ3n) is 2.87. The van der Waals surface area contributed by atoms with Crippen LogP contribution in [0.1, 0.15) is 16.1 Å². The summed E-state index contributed by atoms with van der Waals surface area (Å²) in [6.07, 6.45) is 1.48. The van der Waals surface area contributed by atoms with E-state index in [-0.39, 0.29) is 5.78 Å². The van der Waals surface area contributed by atoms with E-state index in [0.29, 0.717) is 11.3 Å². The molecule has 2 aromatic carbocycles. The smallest absolute Gasteiger partial charge is 0.213 e. The summed E-state index contributed by atoms with van der Waals surface area (Å²) < 4.78 is 2.41. The minimum atomic E-state index is -0.111. The Bertz CT molecular complexity index is 753. The van der Waals surface area contributed by atoms with Crippen LogP contribution >= 0.6 is 15.9 Å². The van der Waals surface area contributed by atoms with E-state index < -0.39 is 0 Å².